The zero-order chi connectivity index (χ0) is 22.3. The van der Waals surface area contributed by atoms with E-state index in [9.17, 15) is 18.0 Å². The average Bonchev–Trinajstić information content (AvgIpc) is 3.22. The Balaban J connectivity index is 1.44. The minimum atomic E-state index is -4.24. The van der Waals surface area contributed by atoms with Gasteiger partial charge in [0.05, 0.1) is 22.8 Å². The molecule has 2 aromatic rings. The van der Waals surface area contributed by atoms with Crippen LogP contribution in [-0.2, 0) is 15.5 Å². The first kappa shape index (κ1) is 23.1. The molecule has 1 aromatic carbocycles. The van der Waals surface area contributed by atoms with Crippen molar-refractivity contribution < 1.29 is 22.7 Å². The number of aromatic amines is 1. The SMILES string of the molecule is O=C(NCCc1ncc(C2(Br)C=CC(c3ccccc3)=CC2)[nH]1)OCCCC(F)(F)F. The summed E-state index contributed by atoms with van der Waals surface area (Å²) in [5.41, 5.74) is 3.22. The number of carbonyl (C=O) groups excluding carboxylic acids is 1. The van der Waals surface area contributed by atoms with Gasteiger partial charge in [-0.2, -0.15) is 13.2 Å². The molecule has 1 atom stereocenters. The molecule has 0 saturated carbocycles. The molecule has 0 spiro atoms. The first-order valence-corrected chi connectivity index (χ1v) is 10.7. The summed E-state index contributed by atoms with van der Waals surface area (Å²) in [5, 5.41) is 2.51. The smallest absolute Gasteiger partial charge is 0.407 e. The molecule has 1 heterocycles. The lowest BCUT2D eigenvalue weighted by atomic mass is 9.91. The third-order valence-corrected chi connectivity index (χ3v) is 5.81. The minimum absolute atomic E-state index is 0.250. The van der Waals surface area contributed by atoms with Crippen LogP contribution in [0.3, 0.4) is 0 Å². The number of imidazole rings is 1. The number of amides is 1. The molecule has 1 aliphatic carbocycles. The Kier molecular flexibility index (Phi) is 7.59. The van der Waals surface area contributed by atoms with Crippen LogP contribution in [0, 0.1) is 0 Å². The van der Waals surface area contributed by atoms with Crippen molar-refractivity contribution in [2.24, 2.45) is 0 Å². The third kappa shape index (κ3) is 6.99. The summed E-state index contributed by atoms with van der Waals surface area (Å²) in [4.78, 5) is 19.2. The monoisotopic (exact) mass is 497 g/mol. The maximum absolute atomic E-state index is 12.1. The molecular formula is C22H23BrF3N3O2. The molecule has 166 valence electrons. The van der Waals surface area contributed by atoms with Gasteiger partial charge >= 0.3 is 12.3 Å². The Hall–Kier alpha value is -2.55. The first-order valence-electron chi connectivity index (χ1n) is 9.91. The van der Waals surface area contributed by atoms with Crippen LogP contribution < -0.4 is 5.32 Å². The highest BCUT2D eigenvalue weighted by Crippen LogP contribution is 2.40. The molecular weight excluding hydrogens is 475 g/mol. The van der Waals surface area contributed by atoms with Gasteiger partial charge in [-0.3, -0.25) is 0 Å². The highest BCUT2D eigenvalue weighted by Gasteiger charge is 2.29. The Morgan fingerprint density at radius 3 is 2.74 bits per heavy atom. The Morgan fingerprint density at radius 2 is 2.06 bits per heavy atom. The molecule has 3 rings (SSSR count). The van der Waals surface area contributed by atoms with Gasteiger partial charge < -0.3 is 15.0 Å². The summed E-state index contributed by atoms with van der Waals surface area (Å²) >= 11 is 3.79. The number of alkyl halides is 4. The molecule has 0 fully saturated rings. The highest BCUT2D eigenvalue weighted by molar-refractivity contribution is 9.09. The fraction of sp³-hybridized carbons (Fsp3) is 0.364. The average molecular weight is 498 g/mol. The molecule has 1 unspecified atom stereocenters. The Bertz CT molecular complexity index is 941. The van der Waals surface area contributed by atoms with Gasteiger partial charge in [-0.1, -0.05) is 64.5 Å². The summed E-state index contributed by atoms with van der Waals surface area (Å²) < 4.78 is 40.5. The lowest BCUT2D eigenvalue weighted by molar-refractivity contribution is -0.137. The van der Waals surface area contributed by atoms with Crippen LogP contribution in [0.1, 0.15) is 36.3 Å². The van der Waals surface area contributed by atoms with Crippen molar-refractivity contribution >= 4 is 27.6 Å². The van der Waals surface area contributed by atoms with Crippen LogP contribution in [0.15, 0.2) is 54.8 Å². The molecule has 1 aromatic heterocycles. The molecule has 0 bridgehead atoms. The van der Waals surface area contributed by atoms with Gasteiger partial charge in [0.2, 0.25) is 0 Å². The van der Waals surface area contributed by atoms with Crippen molar-refractivity contribution in [3.8, 4) is 0 Å². The van der Waals surface area contributed by atoms with E-state index < -0.39 is 18.7 Å². The number of nitrogens with one attached hydrogen (secondary N) is 2. The van der Waals surface area contributed by atoms with Gasteiger partial charge in [0.1, 0.15) is 5.82 Å². The van der Waals surface area contributed by atoms with E-state index in [-0.39, 0.29) is 23.9 Å². The molecule has 0 aliphatic heterocycles. The lowest BCUT2D eigenvalue weighted by Crippen LogP contribution is -2.27. The van der Waals surface area contributed by atoms with Gasteiger partial charge in [0.25, 0.3) is 0 Å². The number of nitrogens with zero attached hydrogens (tertiary/aromatic N) is 1. The maximum Gasteiger partial charge on any atom is 0.407 e. The third-order valence-electron chi connectivity index (χ3n) is 4.80. The number of carbonyl (C=O) groups is 1. The number of aromatic nitrogens is 2. The van der Waals surface area contributed by atoms with E-state index in [1.165, 1.54) is 0 Å². The number of allylic oxidation sites excluding steroid dienone is 4. The van der Waals surface area contributed by atoms with Gasteiger partial charge in [-0.25, -0.2) is 9.78 Å². The second kappa shape index (κ2) is 10.2. The highest BCUT2D eigenvalue weighted by atomic mass is 79.9. The quantitative estimate of drug-likeness (QED) is 0.365. The van der Waals surface area contributed by atoms with Gasteiger partial charge in [-0.05, 0) is 24.0 Å². The van der Waals surface area contributed by atoms with E-state index >= 15 is 0 Å². The Labute approximate surface area is 186 Å². The normalized spacial score (nSPS) is 18.5. The van der Waals surface area contributed by atoms with Crippen molar-refractivity contribution in [2.45, 2.75) is 36.2 Å². The molecule has 2 N–H and O–H groups in total. The Morgan fingerprint density at radius 1 is 1.29 bits per heavy atom. The number of hydrogen-bond acceptors (Lipinski definition) is 3. The fourth-order valence-corrected chi connectivity index (χ4v) is 3.63. The van der Waals surface area contributed by atoms with Gasteiger partial charge in [-0.15, -0.1) is 0 Å². The van der Waals surface area contributed by atoms with Gasteiger partial charge in [0, 0.05) is 19.4 Å². The molecule has 1 amide bonds. The molecule has 0 saturated heterocycles. The predicted molar refractivity (Wildman–Crippen MR) is 116 cm³/mol. The summed E-state index contributed by atoms with van der Waals surface area (Å²) in [6.45, 7) is -0.0125. The number of benzene rings is 1. The summed E-state index contributed by atoms with van der Waals surface area (Å²) in [7, 11) is 0. The topological polar surface area (TPSA) is 67.0 Å². The number of halogens is 4. The van der Waals surface area contributed by atoms with Crippen LogP contribution >= 0.6 is 15.9 Å². The summed E-state index contributed by atoms with van der Waals surface area (Å²) in [5.74, 6) is 0.692. The molecule has 9 heteroatoms. The largest absolute Gasteiger partial charge is 0.450 e. The number of H-pyrrole nitrogens is 1. The fourth-order valence-electron chi connectivity index (χ4n) is 3.13. The second-order valence-corrected chi connectivity index (χ2v) is 8.62. The number of hydrogen-bond donors (Lipinski definition) is 2. The zero-order valence-electron chi connectivity index (χ0n) is 16.7. The van der Waals surface area contributed by atoms with E-state index in [0.717, 1.165) is 23.3 Å². The van der Waals surface area contributed by atoms with E-state index in [0.29, 0.717) is 12.2 Å². The maximum atomic E-state index is 12.1. The number of rotatable bonds is 8. The van der Waals surface area contributed by atoms with Crippen molar-refractivity contribution in [1.29, 1.82) is 0 Å². The minimum Gasteiger partial charge on any atom is -0.450 e. The van der Waals surface area contributed by atoms with E-state index in [2.05, 4.69) is 61.6 Å². The van der Waals surface area contributed by atoms with Crippen LogP contribution in [-0.4, -0.2) is 35.4 Å². The zero-order valence-corrected chi connectivity index (χ0v) is 18.3. The molecule has 31 heavy (non-hydrogen) atoms. The summed E-state index contributed by atoms with van der Waals surface area (Å²) in [6.07, 6.45) is 3.07. The molecule has 1 aliphatic rings. The van der Waals surface area contributed by atoms with Crippen molar-refractivity contribution in [3.63, 3.8) is 0 Å². The summed E-state index contributed by atoms with van der Waals surface area (Å²) in [6, 6.07) is 10.1. The lowest BCUT2D eigenvalue weighted by Gasteiger charge is -2.24. The van der Waals surface area contributed by atoms with E-state index in [1.54, 1.807) is 6.20 Å². The molecule has 5 nitrogen and oxygen atoms in total. The van der Waals surface area contributed by atoms with Crippen LogP contribution in [0.25, 0.3) is 5.57 Å². The van der Waals surface area contributed by atoms with E-state index in [4.69, 9.17) is 4.74 Å². The number of ether oxygens (including phenoxy) is 1. The standard InChI is InChI=1S/C22H23BrF3N3O2/c23-21(11-7-17(8-12-21)16-5-2-1-3-6-16)18-15-28-19(29-18)9-13-27-20(30)31-14-4-10-22(24,25)26/h1-3,5-8,11,15H,4,9-10,12-14H2,(H,27,30)(H,28,29). The second-order valence-electron chi connectivity index (χ2n) is 7.20. The van der Waals surface area contributed by atoms with Crippen LogP contribution in [0.4, 0.5) is 18.0 Å². The van der Waals surface area contributed by atoms with Crippen LogP contribution in [0.2, 0.25) is 0 Å². The van der Waals surface area contributed by atoms with Crippen LogP contribution in [0.5, 0.6) is 0 Å². The first-order chi connectivity index (χ1) is 14.8. The molecule has 0 radical (unpaired) electrons. The van der Waals surface area contributed by atoms with Crippen molar-refractivity contribution in [1.82, 2.24) is 15.3 Å². The predicted octanol–water partition coefficient (Wildman–Crippen LogP) is 5.65. The van der Waals surface area contributed by atoms with Crippen molar-refractivity contribution in [2.75, 3.05) is 13.2 Å². The van der Waals surface area contributed by atoms with Crippen molar-refractivity contribution in [3.05, 3.63) is 71.8 Å². The number of alkyl carbamates (subject to hydrolysis) is 1. The van der Waals surface area contributed by atoms with E-state index in [1.807, 2.05) is 18.2 Å². The van der Waals surface area contributed by atoms with Gasteiger partial charge in [0.15, 0.2) is 0 Å².